The van der Waals surface area contributed by atoms with Gasteiger partial charge in [0.05, 0.1) is 6.20 Å². The number of amides is 1. The standard InChI is InChI=1S/C15H22ClN3O2/c1-15(2,3)21-14(20)18-19(9-5-4-6-10-19)12-7-8-13(16)17-11-12/h7-8,11H,4-6,9-10H2,1-3H3/p+1. The first-order valence-corrected chi connectivity index (χ1v) is 7.69. The van der Waals surface area contributed by atoms with Crippen molar-refractivity contribution in [2.75, 3.05) is 13.1 Å². The van der Waals surface area contributed by atoms with Gasteiger partial charge in [-0.2, -0.15) is 10.0 Å². The minimum atomic E-state index is -0.512. The fraction of sp³-hybridized carbons (Fsp3) is 0.600. The average molecular weight is 313 g/mol. The Balaban J connectivity index is 2.21. The number of piperidine rings is 1. The molecule has 1 aliphatic rings. The Labute approximate surface area is 130 Å². The molecule has 0 radical (unpaired) electrons. The number of pyridine rings is 1. The normalized spacial score (nSPS) is 18.1. The number of hydrogen-bond acceptors (Lipinski definition) is 3. The molecule has 0 spiro atoms. The van der Waals surface area contributed by atoms with E-state index in [1.165, 1.54) is 6.42 Å². The lowest BCUT2D eigenvalue weighted by Crippen LogP contribution is -2.64. The molecule has 0 unspecified atom stereocenters. The molecule has 0 bridgehead atoms. The van der Waals surface area contributed by atoms with Crippen molar-refractivity contribution < 1.29 is 9.53 Å². The molecule has 0 aliphatic carbocycles. The summed E-state index contributed by atoms with van der Waals surface area (Å²) in [5, 5.41) is 0.450. The molecule has 0 saturated carbocycles. The van der Waals surface area contributed by atoms with Gasteiger partial charge in [0.2, 0.25) is 0 Å². The van der Waals surface area contributed by atoms with Gasteiger partial charge in [-0.3, -0.25) is 0 Å². The molecule has 1 aromatic rings. The number of aromatic nitrogens is 1. The summed E-state index contributed by atoms with van der Waals surface area (Å²) in [7, 11) is 0. The quantitative estimate of drug-likeness (QED) is 0.669. The lowest BCUT2D eigenvalue weighted by Gasteiger charge is -2.39. The van der Waals surface area contributed by atoms with Crippen molar-refractivity contribution in [2.24, 2.45) is 0 Å². The summed E-state index contributed by atoms with van der Waals surface area (Å²) in [6.45, 7) is 7.25. The molecule has 21 heavy (non-hydrogen) atoms. The number of carbonyl (C=O) groups excluding carboxylic acids is 1. The number of carbonyl (C=O) groups is 1. The Kier molecular flexibility index (Phi) is 4.74. The third kappa shape index (κ3) is 4.32. The SMILES string of the molecule is CC(C)(C)OC(=O)N[N+]1(c2ccc(Cl)nc2)CCCCC1. The second-order valence-corrected chi connectivity index (χ2v) is 6.82. The van der Waals surface area contributed by atoms with E-state index in [0.29, 0.717) is 9.75 Å². The summed E-state index contributed by atoms with van der Waals surface area (Å²) in [6, 6.07) is 3.67. The number of rotatable bonds is 2. The van der Waals surface area contributed by atoms with Crippen LogP contribution in [0.2, 0.25) is 5.15 Å². The van der Waals surface area contributed by atoms with E-state index < -0.39 is 11.7 Å². The predicted octanol–water partition coefficient (Wildman–Crippen LogP) is 3.67. The number of ether oxygens (including phenoxy) is 1. The van der Waals surface area contributed by atoms with Gasteiger partial charge in [0.25, 0.3) is 0 Å². The first-order valence-electron chi connectivity index (χ1n) is 7.31. The highest BCUT2D eigenvalue weighted by atomic mass is 35.5. The van der Waals surface area contributed by atoms with Crippen LogP contribution in [0.15, 0.2) is 18.3 Å². The molecule has 1 amide bonds. The second-order valence-electron chi connectivity index (χ2n) is 6.43. The molecule has 0 atom stereocenters. The van der Waals surface area contributed by atoms with Gasteiger partial charge in [-0.05, 0) is 46.1 Å². The third-order valence-electron chi connectivity index (χ3n) is 3.49. The number of nitrogens with one attached hydrogen (secondary N) is 1. The molecule has 1 aliphatic heterocycles. The molecule has 1 aromatic heterocycles. The van der Waals surface area contributed by atoms with E-state index in [9.17, 15) is 4.79 Å². The Morgan fingerprint density at radius 1 is 1.29 bits per heavy atom. The zero-order chi connectivity index (χ0) is 15.5. The van der Waals surface area contributed by atoms with Crippen molar-refractivity contribution in [1.29, 1.82) is 0 Å². The maximum atomic E-state index is 12.2. The first kappa shape index (κ1) is 16.0. The van der Waals surface area contributed by atoms with Gasteiger partial charge >= 0.3 is 6.09 Å². The fourth-order valence-corrected chi connectivity index (χ4v) is 2.70. The monoisotopic (exact) mass is 312 g/mol. The van der Waals surface area contributed by atoms with Crippen molar-refractivity contribution in [3.8, 4) is 0 Å². The fourth-order valence-electron chi connectivity index (χ4n) is 2.58. The van der Waals surface area contributed by atoms with E-state index in [2.05, 4.69) is 10.4 Å². The van der Waals surface area contributed by atoms with Crippen LogP contribution in [0.1, 0.15) is 40.0 Å². The Bertz CT molecular complexity index is 491. The van der Waals surface area contributed by atoms with Crippen LogP contribution in [-0.2, 0) is 4.74 Å². The van der Waals surface area contributed by atoms with Crippen molar-refractivity contribution >= 4 is 23.4 Å². The summed E-state index contributed by atoms with van der Waals surface area (Å²) in [6.07, 6.45) is 4.61. The molecule has 1 N–H and O–H groups in total. The van der Waals surface area contributed by atoms with Gasteiger partial charge < -0.3 is 4.74 Å². The molecule has 1 saturated heterocycles. The van der Waals surface area contributed by atoms with Crippen LogP contribution in [0.5, 0.6) is 0 Å². The van der Waals surface area contributed by atoms with Crippen molar-refractivity contribution in [1.82, 2.24) is 15.0 Å². The highest BCUT2D eigenvalue weighted by Crippen LogP contribution is 2.27. The molecular weight excluding hydrogens is 290 g/mol. The molecule has 2 heterocycles. The summed E-state index contributed by atoms with van der Waals surface area (Å²) in [5.74, 6) is 0. The molecule has 6 heteroatoms. The van der Waals surface area contributed by atoms with Crippen LogP contribution >= 0.6 is 11.6 Å². The van der Waals surface area contributed by atoms with Gasteiger partial charge in [-0.25, -0.2) is 9.78 Å². The van der Waals surface area contributed by atoms with E-state index in [-0.39, 0.29) is 0 Å². The first-order chi connectivity index (χ1) is 9.81. The Morgan fingerprint density at radius 2 is 1.95 bits per heavy atom. The van der Waals surface area contributed by atoms with E-state index >= 15 is 0 Å². The van der Waals surface area contributed by atoms with Crippen LogP contribution in [-0.4, -0.2) is 29.8 Å². The summed E-state index contributed by atoms with van der Waals surface area (Å²) in [5.41, 5.74) is 3.44. The zero-order valence-corrected chi connectivity index (χ0v) is 13.6. The molecule has 5 nitrogen and oxygen atoms in total. The van der Waals surface area contributed by atoms with E-state index in [1.54, 1.807) is 12.3 Å². The Morgan fingerprint density at radius 3 is 2.48 bits per heavy atom. The van der Waals surface area contributed by atoms with Gasteiger partial charge in [-0.1, -0.05) is 11.6 Å². The van der Waals surface area contributed by atoms with Gasteiger partial charge in [0, 0.05) is 6.07 Å². The average Bonchev–Trinajstić information content (AvgIpc) is 2.38. The van der Waals surface area contributed by atoms with Crippen LogP contribution in [0.25, 0.3) is 0 Å². The maximum absolute atomic E-state index is 12.2. The summed E-state index contributed by atoms with van der Waals surface area (Å²) >= 11 is 5.86. The van der Waals surface area contributed by atoms with E-state index in [0.717, 1.165) is 31.6 Å². The largest absolute Gasteiger partial charge is 0.452 e. The number of quaternary nitrogens is 1. The lowest BCUT2D eigenvalue weighted by atomic mass is 10.1. The molecule has 1 fully saturated rings. The van der Waals surface area contributed by atoms with Crippen LogP contribution in [0, 0.1) is 0 Å². The van der Waals surface area contributed by atoms with E-state index in [1.807, 2.05) is 26.8 Å². The topological polar surface area (TPSA) is 51.2 Å². The molecule has 116 valence electrons. The second kappa shape index (κ2) is 6.20. The molecular formula is C15H23ClN3O2+. The maximum Gasteiger partial charge on any atom is 0.452 e. The highest BCUT2D eigenvalue weighted by molar-refractivity contribution is 6.29. The van der Waals surface area contributed by atoms with Crippen molar-refractivity contribution in [3.63, 3.8) is 0 Å². The lowest BCUT2D eigenvalue weighted by molar-refractivity contribution is 0.0310. The van der Waals surface area contributed by atoms with Crippen molar-refractivity contribution in [3.05, 3.63) is 23.5 Å². The third-order valence-corrected chi connectivity index (χ3v) is 3.71. The predicted molar refractivity (Wildman–Crippen MR) is 84.0 cm³/mol. The van der Waals surface area contributed by atoms with Gasteiger partial charge in [-0.15, -0.1) is 0 Å². The van der Waals surface area contributed by atoms with Crippen LogP contribution in [0.3, 0.4) is 0 Å². The highest BCUT2D eigenvalue weighted by Gasteiger charge is 2.37. The summed E-state index contributed by atoms with van der Waals surface area (Å²) < 4.78 is 5.77. The molecule has 0 aromatic carbocycles. The van der Waals surface area contributed by atoms with Crippen molar-refractivity contribution in [2.45, 2.75) is 45.6 Å². The summed E-state index contributed by atoms with van der Waals surface area (Å²) in [4.78, 5) is 16.3. The Hall–Kier alpha value is -1.33. The molecule has 2 rings (SSSR count). The minimum Gasteiger partial charge on any atom is -0.441 e. The minimum absolute atomic E-state index is 0.374. The van der Waals surface area contributed by atoms with Crippen LogP contribution in [0.4, 0.5) is 10.5 Å². The number of hydrogen-bond donors (Lipinski definition) is 1. The van der Waals surface area contributed by atoms with Crippen LogP contribution < -0.4 is 10.0 Å². The smallest absolute Gasteiger partial charge is 0.441 e. The number of halogens is 1. The van der Waals surface area contributed by atoms with Gasteiger partial charge in [0.15, 0.2) is 5.69 Å². The van der Waals surface area contributed by atoms with E-state index in [4.69, 9.17) is 16.3 Å². The number of nitrogens with zero attached hydrogens (tertiary/aromatic N) is 2. The van der Waals surface area contributed by atoms with Gasteiger partial charge in [0.1, 0.15) is 23.8 Å². The zero-order valence-electron chi connectivity index (χ0n) is 12.9.